The van der Waals surface area contributed by atoms with Crippen LogP contribution < -0.4 is 0 Å². The predicted octanol–water partition coefficient (Wildman–Crippen LogP) is 3.79. The van der Waals surface area contributed by atoms with Gasteiger partial charge in [0.25, 0.3) is 0 Å². The molecule has 1 atom stereocenters. The van der Waals surface area contributed by atoms with E-state index in [1.165, 1.54) is 10.4 Å². The van der Waals surface area contributed by atoms with E-state index >= 15 is 0 Å². The van der Waals surface area contributed by atoms with Gasteiger partial charge in [-0.15, -0.1) is 11.3 Å². The maximum absolute atomic E-state index is 12.1. The number of ketones is 1. The molecule has 0 N–H and O–H groups in total. The van der Waals surface area contributed by atoms with Crippen molar-refractivity contribution in [2.75, 3.05) is 0 Å². The number of hydrogen-bond acceptors (Lipinski definition) is 2. The molecule has 0 spiro atoms. The highest BCUT2D eigenvalue weighted by Gasteiger charge is 2.29. The second kappa shape index (κ2) is 3.56. The number of carbonyl (C=O) groups is 1. The first kappa shape index (κ1) is 9.79. The highest BCUT2D eigenvalue weighted by molar-refractivity contribution is 7.13. The first-order valence-electron chi connectivity index (χ1n) is 5.47. The molecule has 0 saturated heterocycles. The average Bonchev–Trinajstić information content (AvgIpc) is 2.88. The number of fused-ring (bicyclic) bond motifs is 1. The summed E-state index contributed by atoms with van der Waals surface area (Å²) in [7, 11) is 0. The van der Waals surface area contributed by atoms with Crippen molar-refractivity contribution in [2.24, 2.45) is 5.92 Å². The van der Waals surface area contributed by atoms with Crippen molar-refractivity contribution < 1.29 is 4.79 Å². The number of thiophene rings is 1. The Morgan fingerprint density at radius 1 is 1.25 bits per heavy atom. The summed E-state index contributed by atoms with van der Waals surface area (Å²) in [5, 5.41) is 2.05. The van der Waals surface area contributed by atoms with Crippen LogP contribution in [0.2, 0.25) is 0 Å². The van der Waals surface area contributed by atoms with Crippen LogP contribution in [0.3, 0.4) is 0 Å². The second-order valence-electron chi connectivity index (χ2n) is 4.29. The zero-order valence-electron chi connectivity index (χ0n) is 9.07. The van der Waals surface area contributed by atoms with Gasteiger partial charge in [-0.3, -0.25) is 4.79 Å². The van der Waals surface area contributed by atoms with E-state index < -0.39 is 0 Å². The van der Waals surface area contributed by atoms with Crippen LogP contribution in [0.4, 0.5) is 0 Å². The summed E-state index contributed by atoms with van der Waals surface area (Å²) in [4.78, 5) is 13.3. The van der Waals surface area contributed by atoms with E-state index in [-0.39, 0.29) is 5.92 Å². The maximum atomic E-state index is 12.1. The minimum Gasteiger partial charge on any atom is -0.294 e. The molecule has 1 aliphatic rings. The molecule has 1 unspecified atom stereocenters. The molecular formula is C14H12OS. The smallest absolute Gasteiger partial charge is 0.166 e. The van der Waals surface area contributed by atoms with Crippen LogP contribution in [0.15, 0.2) is 35.7 Å². The van der Waals surface area contributed by atoms with Crippen molar-refractivity contribution in [3.05, 3.63) is 46.8 Å². The first-order valence-corrected chi connectivity index (χ1v) is 6.35. The normalized spacial score (nSPS) is 18.8. The van der Waals surface area contributed by atoms with Crippen molar-refractivity contribution in [1.82, 2.24) is 0 Å². The van der Waals surface area contributed by atoms with Crippen LogP contribution in [-0.4, -0.2) is 5.78 Å². The molecule has 16 heavy (non-hydrogen) atoms. The van der Waals surface area contributed by atoms with E-state index in [2.05, 4.69) is 29.6 Å². The molecule has 80 valence electrons. The van der Waals surface area contributed by atoms with Gasteiger partial charge in [-0.2, -0.15) is 0 Å². The van der Waals surface area contributed by atoms with E-state index in [4.69, 9.17) is 0 Å². The lowest BCUT2D eigenvalue weighted by atomic mass is 10.0. The number of carbonyl (C=O) groups excluding carboxylic acids is 1. The van der Waals surface area contributed by atoms with Gasteiger partial charge in [0.15, 0.2) is 5.78 Å². The Morgan fingerprint density at radius 2 is 2.12 bits per heavy atom. The Balaban J connectivity index is 2.23. The van der Waals surface area contributed by atoms with E-state index in [0.29, 0.717) is 5.78 Å². The second-order valence-corrected chi connectivity index (χ2v) is 5.23. The van der Waals surface area contributed by atoms with Gasteiger partial charge in [-0.1, -0.05) is 31.2 Å². The van der Waals surface area contributed by atoms with Gasteiger partial charge in [0.1, 0.15) is 0 Å². The largest absolute Gasteiger partial charge is 0.294 e. The predicted molar refractivity (Wildman–Crippen MR) is 67.0 cm³/mol. The summed E-state index contributed by atoms with van der Waals surface area (Å²) in [6, 6.07) is 10.3. The number of Topliss-reactive ketones (excluding diaryl/α,β-unsaturated/α-hetero) is 1. The third-order valence-corrected chi connectivity index (χ3v) is 4.06. The fourth-order valence-corrected chi connectivity index (χ4v) is 3.13. The molecule has 1 aliphatic carbocycles. The third kappa shape index (κ3) is 1.34. The van der Waals surface area contributed by atoms with E-state index in [9.17, 15) is 4.79 Å². The molecule has 1 aromatic heterocycles. The lowest BCUT2D eigenvalue weighted by Gasteiger charge is -2.04. The van der Waals surface area contributed by atoms with E-state index in [0.717, 1.165) is 17.5 Å². The lowest BCUT2D eigenvalue weighted by molar-refractivity contribution is 0.0947. The van der Waals surface area contributed by atoms with Gasteiger partial charge in [-0.05, 0) is 23.4 Å². The topological polar surface area (TPSA) is 17.1 Å². The van der Waals surface area contributed by atoms with Gasteiger partial charge in [0.05, 0.1) is 0 Å². The van der Waals surface area contributed by atoms with Crippen molar-refractivity contribution in [3.63, 3.8) is 0 Å². The first-order chi connectivity index (χ1) is 7.77. The molecule has 1 aromatic carbocycles. The molecule has 0 aliphatic heterocycles. The Bertz CT molecular complexity index is 540. The average molecular weight is 228 g/mol. The van der Waals surface area contributed by atoms with Crippen molar-refractivity contribution in [2.45, 2.75) is 13.3 Å². The highest BCUT2D eigenvalue weighted by Crippen LogP contribution is 2.36. The lowest BCUT2D eigenvalue weighted by Crippen LogP contribution is -2.04. The standard InChI is InChI=1S/C14H12OS/c1-9-8-10-4-2-5-11(13(10)14(9)15)12-6-3-7-16-12/h2-7,9H,8H2,1H3. The zero-order valence-corrected chi connectivity index (χ0v) is 9.88. The molecular weight excluding hydrogens is 216 g/mol. The molecule has 3 rings (SSSR count). The Labute approximate surface area is 98.7 Å². The minimum atomic E-state index is 0.149. The summed E-state index contributed by atoms with van der Waals surface area (Å²) in [5.74, 6) is 0.454. The van der Waals surface area contributed by atoms with E-state index in [1.54, 1.807) is 11.3 Å². The van der Waals surface area contributed by atoms with Gasteiger partial charge < -0.3 is 0 Å². The maximum Gasteiger partial charge on any atom is 0.166 e. The van der Waals surface area contributed by atoms with Gasteiger partial charge >= 0.3 is 0 Å². The van der Waals surface area contributed by atoms with Crippen molar-refractivity contribution in [1.29, 1.82) is 0 Å². The third-order valence-electron chi connectivity index (χ3n) is 3.16. The molecule has 0 bridgehead atoms. The molecule has 1 heterocycles. The molecule has 1 nitrogen and oxygen atoms in total. The molecule has 2 aromatic rings. The molecule has 0 fully saturated rings. The van der Waals surface area contributed by atoms with Crippen LogP contribution in [0, 0.1) is 5.92 Å². The number of rotatable bonds is 1. The molecule has 0 saturated carbocycles. The van der Waals surface area contributed by atoms with Crippen LogP contribution in [0.5, 0.6) is 0 Å². The van der Waals surface area contributed by atoms with Gasteiger partial charge in [0, 0.05) is 21.9 Å². The van der Waals surface area contributed by atoms with Crippen LogP contribution >= 0.6 is 11.3 Å². The quantitative estimate of drug-likeness (QED) is 0.725. The number of benzene rings is 1. The van der Waals surface area contributed by atoms with Gasteiger partial charge in [-0.25, -0.2) is 0 Å². The summed E-state index contributed by atoms with van der Waals surface area (Å²) < 4.78 is 0. The summed E-state index contributed by atoms with van der Waals surface area (Å²) in [6.07, 6.45) is 0.896. The molecule has 2 heteroatoms. The molecule has 0 amide bonds. The van der Waals surface area contributed by atoms with Crippen LogP contribution in [-0.2, 0) is 6.42 Å². The Kier molecular flexibility index (Phi) is 2.18. The minimum absolute atomic E-state index is 0.149. The van der Waals surface area contributed by atoms with Crippen LogP contribution in [0.25, 0.3) is 10.4 Å². The highest BCUT2D eigenvalue weighted by atomic mass is 32.1. The van der Waals surface area contributed by atoms with Crippen molar-refractivity contribution >= 4 is 17.1 Å². The molecule has 0 radical (unpaired) electrons. The summed E-state index contributed by atoms with van der Waals surface area (Å²) in [5.41, 5.74) is 3.28. The monoisotopic (exact) mass is 228 g/mol. The van der Waals surface area contributed by atoms with Crippen LogP contribution in [0.1, 0.15) is 22.8 Å². The Hall–Kier alpha value is -1.41. The summed E-state index contributed by atoms with van der Waals surface area (Å²) >= 11 is 1.69. The fourth-order valence-electron chi connectivity index (χ4n) is 2.37. The van der Waals surface area contributed by atoms with Crippen molar-refractivity contribution in [3.8, 4) is 10.4 Å². The van der Waals surface area contributed by atoms with E-state index in [1.807, 2.05) is 13.0 Å². The fraction of sp³-hybridized carbons (Fsp3) is 0.214. The SMILES string of the molecule is CC1Cc2cccc(-c3cccs3)c2C1=O. The Morgan fingerprint density at radius 3 is 2.88 bits per heavy atom. The number of hydrogen-bond donors (Lipinski definition) is 0. The zero-order chi connectivity index (χ0) is 11.1. The summed E-state index contributed by atoms with van der Waals surface area (Å²) in [6.45, 7) is 2.01. The van der Waals surface area contributed by atoms with Gasteiger partial charge in [0.2, 0.25) is 0 Å².